The molecule has 0 aromatic rings. The van der Waals surface area contributed by atoms with Crippen LogP contribution in [-0.2, 0) is 0 Å². The van der Waals surface area contributed by atoms with Crippen molar-refractivity contribution in [2.45, 2.75) is 26.2 Å². The number of hydrogen-bond acceptors (Lipinski definition) is 2. The predicted octanol–water partition coefficient (Wildman–Crippen LogP) is 1.33. The van der Waals surface area contributed by atoms with Gasteiger partial charge in [0.25, 0.3) is 0 Å². The summed E-state index contributed by atoms with van der Waals surface area (Å²) in [7, 11) is 4.35. The number of nitrogens with one attached hydrogen (secondary N) is 1. The lowest BCUT2D eigenvalue weighted by Crippen LogP contribution is -2.35. The van der Waals surface area contributed by atoms with Crippen molar-refractivity contribution >= 4 is 0 Å². The van der Waals surface area contributed by atoms with Gasteiger partial charge in [0.15, 0.2) is 0 Å². The van der Waals surface area contributed by atoms with Crippen LogP contribution in [0.25, 0.3) is 0 Å². The molecule has 1 aliphatic heterocycles. The maximum absolute atomic E-state index is 3.48. The second-order valence-electron chi connectivity index (χ2n) is 4.41. The molecule has 0 spiro atoms. The first-order valence-corrected chi connectivity index (χ1v) is 5.04. The Kier molecular flexibility index (Phi) is 3.53. The van der Waals surface area contributed by atoms with Gasteiger partial charge in [-0.05, 0) is 38.9 Å². The molecule has 0 saturated carbocycles. The highest BCUT2D eigenvalue weighted by Crippen LogP contribution is 2.31. The van der Waals surface area contributed by atoms with Crippen LogP contribution in [0.4, 0.5) is 0 Å². The lowest BCUT2D eigenvalue weighted by Gasteiger charge is -2.31. The molecule has 1 heterocycles. The van der Waals surface area contributed by atoms with E-state index in [2.05, 4.69) is 31.2 Å². The molecule has 0 amide bonds. The van der Waals surface area contributed by atoms with Crippen molar-refractivity contribution in [1.29, 1.82) is 0 Å². The molecular formula is C10H22N2. The fourth-order valence-corrected chi connectivity index (χ4v) is 2.42. The van der Waals surface area contributed by atoms with Gasteiger partial charge in [-0.3, -0.25) is 0 Å². The Morgan fingerprint density at radius 3 is 2.58 bits per heavy atom. The van der Waals surface area contributed by atoms with E-state index < -0.39 is 0 Å². The number of hydrogen-bond donors (Lipinski definition) is 1. The van der Waals surface area contributed by atoms with E-state index in [1.807, 2.05) is 0 Å². The van der Waals surface area contributed by atoms with Crippen molar-refractivity contribution in [3.05, 3.63) is 0 Å². The normalized spacial score (nSPS) is 30.0. The Morgan fingerprint density at radius 1 is 1.42 bits per heavy atom. The third-order valence-corrected chi connectivity index (χ3v) is 2.76. The molecule has 0 aliphatic carbocycles. The molecule has 12 heavy (non-hydrogen) atoms. The average molecular weight is 170 g/mol. The van der Waals surface area contributed by atoms with Gasteiger partial charge in [-0.2, -0.15) is 0 Å². The zero-order chi connectivity index (χ0) is 9.03. The average Bonchev–Trinajstić information content (AvgIpc) is 2.36. The summed E-state index contributed by atoms with van der Waals surface area (Å²) in [6.07, 6.45) is 4.05. The van der Waals surface area contributed by atoms with Crippen LogP contribution in [0.2, 0.25) is 0 Å². The molecule has 1 saturated heterocycles. The number of rotatable bonds is 4. The van der Waals surface area contributed by atoms with E-state index in [9.17, 15) is 0 Å². The molecule has 1 atom stereocenters. The topological polar surface area (TPSA) is 15.3 Å². The van der Waals surface area contributed by atoms with Gasteiger partial charge in [0.1, 0.15) is 0 Å². The molecule has 2 heteroatoms. The van der Waals surface area contributed by atoms with Crippen molar-refractivity contribution in [3.8, 4) is 0 Å². The Hall–Kier alpha value is -0.0800. The number of nitrogens with zero attached hydrogens (tertiary/aromatic N) is 1. The summed E-state index contributed by atoms with van der Waals surface area (Å²) in [4.78, 5) is 2.32. The zero-order valence-corrected chi connectivity index (χ0v) is 8.69. The van der Waals surface area contributed by atoms with Crippen LogP contribution in [0.3, 0.4) is 0 Å². The van der Waals surface area contributed by atoms with Crippen molar-refractivity contribution in [3.63, 3.8) is 0 Å². The Balaban J connectivity index is 2.46. The second kappa shape index (κ2) is 4.24. The Bertz CT molecular complexity index is 126. The smallest absolute Gasteiger partial charge is 0.00445 e. The summed E-state index contributed by atoms with van der Waals surface area (Å²) < 4.78 is 0. The van der Waals surface area contributed by atoms with Gasteiger partial charge in [0.05, 0.1) is 0 Å². The Labute approximate surface area is 76.3 Å². The van der Waals surface area contributed by atoms with Crippen LogP contribution < -0.4 is 5.32 Å². The Morgan fingerprint density at radius 2 is 2.17 bits per heavy atom. The molecule has 1 unspecified atom stereocenters. The highest BCUT2D eigenvalue weighted by molar-refractivity contribution is 4.89. The molecular weight excluding hydrogens is 148 g/mol. The molecule has 1 aliphatic rings. The van der Waals surface area contributed by atoms with Gasteiger partial charge in [0, 0.05) is 13.1 Å². The van der Waals surface area contributed by atoms with E-state index >= 15 is 0 Å². The maximum atomic E-state index is 3.48. The predicted molar refractivity (Wildman–Crippen MR) is 53.4 cm³/mol. The van der Waals surface area contributed by atoms with Crippen LogP contribution in [0.1, 0.15) is 26.2 Å². The summed E-state index contributed by atoms with van der Waals surface area (Å²) in [6.45, 7) is 5.97. The molecule has 2 nitrogen and oxygen atoms in total. The summed E-state index contributed by atoms with van der Waals surface area (Å²) in [5, 5.41) is 3.48. The molecule has 1 rings (SSSR count). The SMILES string of the molecule is CCCC1(CN(C)C)CCNC1. The standard InChI is InChI=1S/C10H22N2/c1-4-5-10(9-12(2)3)6-7-11-8-10/h11H,4-9H2,1-3H3. The van der Waals surface area contributed by atoms with Gasteiger partial charge in [-0.1, -0.05) is 13.3 Å². The lowest BCUT2D eigenvalue weighted by molar-refractivity contribution is 0.201. The van der Waals surface area contributed by atoms with Crippen molar-refractivity contribution < 1.29 is 0 Å². The highest BCUT2D eigenvalue weighted by atomic mass is 15.1. The van der Waals surface area contributed by atoms with Crippen LogP contribution in [0.5, 0.6) is 0 Å². The van der Waals surface area contributed by atoms with Gasteiger partial charge in [0.2, 0.25) is 0 Å². The fourth-order valence-electron chi connectivity index (χ4n) is 2.42. The van der Waals surface area contributed by atoms with Gasteiger partial charge in [-0.15, -0.1) is 0 Å². The quantitative estimate of drug-likeness (QED) is 0.684. The second-order valence-corrected chi connectivity index (χ2v) is 4.41. The van der Waals surface area contributed by atoms with Crippen molar-refractivity contribution in [2.75, 3.05) is 33.7 Å². The minimum atomic E-state index is 0.582. The molecule has 72 valence electrons. The minimum absolute atomic E-state index is 0.582. The molecule has 0 bridgehead atoms. The summed E-state index contributed by atoms with van der Waals surface area (Å²) >= 11 is 0. The highest BCUT2D eigenvalue weighted by Gasteiger charge is 2.32. The summed E-state index contributed by atoms with van der Waals surface area (Å²) in [6, 6.07) is 0. The van der Waals surface area contributed by atoms with E-state index in [-0.39, 0.29) is 0 Å². The minimum Gasteiger partial charge on any atom is -0.316 e. The van der Waals surface area contributed by atoms with E-state index in [1.54, 1.807) is 0 Å². The largest absolute Gasteiger partial charge is 0.316 e. The van der Waals surface area contributed by atoms with Gasteiger partial charge < -0.3 is 10.2 Å². The van der Waals surface area contributed by atoms with Gasteiger partial charge >= 0.3 is 0 Å². The van der Waals surface area contributed by atoms with Crippen molar-refractivity contribution in [1.82, 2.24) is 10.2 Å². The monoisotopic (exact) mass is 170 g/mol. The molecule has 1 N–H and O–H groups in total. The van der Waals surface area contributed by atoms with E-state index in [0.717, 1.165) is 0 Å². The van der Waals surface area contributed by atoms with Crippen LogP contribution >= 0.6 is 0 Å². The van der Waals surface area contributed by atoms with Crippen LogP contribution in [0, 0.1) is 5.41 Å². The summed E-state index contributed by atoms with van der Waals surface area (Å²) in [5.74, 6) is 0. The fraction of sp³-hybridized carbons (Fsp3) is 1.00. The zero-order valence-electron chi connectivity index (χ0n) is 8.69. The first-order valence-electron chi connectivity index (χ1n) is 5.04. The third kappa shape index (κ3) is 2.46. The first kappa shape index (κ1) is 10.0. The van der Waals surface area contributed by atoms with E-state index in [4.69, 9.17) is 0 Å². The van der Waals surface area contributed by atoms with E-state index in [1.165, 1.54) is 38.9 Å². The van der Waals surface area contributed by atoms with Gasteiger partial charge in [-0.25, -0.2) is 0 Å². The molecule has 0 aromatic heterocycles. The first-order chi connectivity index (χ1) is 5.68. The van der Waals surface area contributed by atoms with Crippen molar-refractivity contribution in [2.24, 2.45) is 5.41 Å². The van der Waals surface area contributed by atoms with Crippen LogP contribution in [-0.4, -0.2) is 38.6 Å². The maximum Gasteiger partial charge on any atom is 0.00445 e. The van der Waals surface area contributed by atoms with E-state index in [0.29, 0.717) is 5.41 Å². The molecule has 0 aromatic carbocycles. The third-order valence-electron chi connectivity index (χ3n) is 2.76. The molecule has 1 fully saturated rings. The lowest BCUT2D eigenvalue weighted by atomic mass is 9.82. The van der Waals surface area contributed by atoms with Crippen LogP contribution in [0.15, 0.2) is 0 Å². The molecule has 0 radical (unpaired) electrons. The summed E-state index contributed by atoms with van der Waals surface area (Å²) in [5.41, 5.74) is 0.582.